The van der Waals surface area contributed by atoms with Gasteiger partial charge in [-0.05, 0) is 49.6 Å². The summed E-state index contributed by atoms with van der Waals surface area (Å²) in [7, 11) is 1.99. The third-order valence-corrected chi connectivity index (χ3v) is 6.13. The molecule has 2 amide bonds. The summed E-state index contributed by atoms with van der Waals surface area (Å²) in [5.41, 5.74) is 5.59. The summed E-state index contributed by atoms with van der Waals surface area (Å²) in [6, 6.07) is 14.6. The summed E-state index contributed by atoms with van der Waals surface area (Å²) in [6.45, 7) is 10.4. The SMILES string of the molecule is CCc1ccc(CN(C)CC(=O)N2CCN(CC(=O)Nc3c(C)cccc3C)CC2)cc1. The molecule has 2 aromatic rings. The van der Waals surface area contributed by atoms with Gasteiger partial charge in [-0.25, -0.2) is 0 Å². The number of aryl methyl sites for hydroxylation is 3. The van der Waals surface area contributed by atoms with E-state index in [1.807, 2.05) is 44.0 Å². The first-order chi connectivity index (χ1) is 15.4. The number of benzene rings is 2. The largest absolute Gasteiger partial charge is 0.339 e. The first-order valence-corrected chi connectivity index (χ1v) is 11.5. The quantitative estimate of drug-likeness (QED) is 0.691. The fraction of sp³-hybridized carbons (Fsp3) is 0.462. The molecule has 1 aliphatic rings. The Kier molecular flexibility index (Phi) is 8.42. The Morgan fingerprint density at radius 2 is 1.53 bits per heavy atom. The number of piperazine rings is 1. The molecule has 0 spiro atoms. The number of hydrogen-bond acceptors (Lipinski definition) is 4. The summed E-state index contributed by atoms with van der Waals surface area (Å²) in [5, 5.41) is 3.05. The van der Waals surface area contributed by atoms with Crippen molar-refractivity contribution >= 4 is 17.5 Å². The molecule has 0 unspecified atom stereocenters. The molecule has 0 atom stereocenters. The third-order valence-electron chi connectivity index (χ3n) is 6.13. The van der Waals surface area contributed by atoms with Crippen molar-refractivity contribution in [1.82, 2.24) is 14.7 Å². The zero-order chi connectivity index (χ0) is 23.1. The predicted octanol–water partition coefficient (Wildman–Crippen LogP) is 3.08. The van der Waals surface area contributed by atoms with Crippen molar-refractivity contribution in [3.8, 4) is 0 Å². The third kappa shape index (κ3) is 6.65. The molecule has 6 heteroatoms. The van der Waals surface area contributed by atoms with Crippen LogP contribution < -0.4 is 5.32 Å². The van der Waals surface area contributed by atoms with Gasteiger partial charge in [-0.1, -0.05) is 49.4 Å². The average Bonchev–Trinajstić information content (AvgIpc) is 2.77. The Balaban J connectivity index is 1.41. The number of hydrogen-bond donors (Lipinski definition) is 1. The van der Waals surface area contributed by atoms with Crippen LogP contribution in [0.4, 0.5) is 5.69 Å². The minimum absolute atomic E-state index is 0.00370. The van der Waals surface area contributed by atoms with E-state index in [2.05, 4.69) is 46.3 Å². The highest BCUT2D eigenvalue weighted by Crippen LogP contribution is 2.19. The second kappa shape index (κ2) is 11.2. The van der Waals surface area contributed by atoms with Crippen molar-refractivity contribution in [2.24, 2.45) is 0 Å². The second-order valence-electron chi connectivity index (χ2n) is 8.81. The van der Waals surface area contributed by atoms with E-state index in [0.717, 1.165) is 29.8 Å². The van der Waals surface area contributed by atoms with Gasteiger partial charge >= 0.3 is 0 Å². The molecule has 0 bridgehead atoms. The van der Waals surface area contributed by atoms with E-state index in [1.165, 1.54) is 11.1 Å². The highest BCUT2D eigenvalue weighted by molar-refractivity contribution is 5.93. The van der Waals surface area contributed by atoms with E-state index in [1.54, 1.807) is 0 Å². The minimum atomic E-state index is -0.00370. The predicted molar refractivity (Wildman–Crippen MR) is 130 cm³/mol. The van der Waals surface area contributed by atoms with Crippen LogP contribution in [-0.4, -0.2) is 72.8 Å². The fourth-order valence-electron chi connectivity index (χ4n) is 4.13. The lowest BCUT2D eigenvalue weighted by molar-refractivity contribution is -0.134. The lowest BCUT2D eigenvalue weighted by Gasteiger charge is -2.35. The van der Waals surface area contributed by atoms with Crippen molar-refractivity contribution in [1.29, 1.82) is 0 Å². The van der Waals surface area contributed by atoms with Crippen LogP contribution in [0.3, 0.4) is 0 Å². The number of likely N-dealkylation sites (N-methyl/N-ethyl adjacent to an activating group) is 1. The number of anilines is 1. The van der Waals surface area contributed by atoms with E-state index in [-0.39, 0.29) is 11.8 Å². The summed E-state index contributed by atoms with van der Waals surface area (Å²) in [6.07, 6.45) is 1.04. The van der Waals surface area contributed by atoms with Gasteiger partial charge in [0, 0.05) is 38.4 Å². The summed E-state index contributed by atoms with van der Waals surface area (Å²) >= 11 is 0. The van der Waals surface area contributed by atoms with Crippen LogP contribution in [0.1, 0.15) is 29.2 Å². The Morgan fingerprint density at radius 3 is 2.12 bits per heavy atom. The number of nitrogens with zero attached hydrogens (tertiary/aromatic N) is 3. The molecule has 6 nitrogen and oxygen atoms in total. The van der Waals surface area contributed by atoms with Gasteiger partial charge in [-0.15, -0.1) is 0 Å². The molecule has 2 aromatic carbocycles. The molecule has 1 heterocycles. The molecule has 32 heavy (non-hydrogen) atoms. The lowest BCUT2D eigenvalue weighted by Crippen LogP contribution is -2.52. The molecule has 0 saturated carbocycles. The van der Waals surface area contributed by atoms with Crippen molar-refractivity contribution in [3.63, 3.8) is 0 Å². The van der Waals surface area contributed by atoms with E-state index >= 15 is 0 Å². The van der Waals surface area contributed by atoms with Crippen LogP contribution in [0, 0.1) is 13.8 Å². The number of amides is 2. The lowest BCUT2D eigenvalue weighted by atomic mass is 10.1. The maximum absolute atomic E-state index is 12.7. The van der Waals surface area contributed by atoms with E-state index < -0.39 is 0 Å². The normalized spacial score (nSPS) is 14.6. The van der Waals surface area contributed by atoms with Crippen molar-refractivity contribution in [2.45, 2.75) is 33.7 Å². The zero-order valence-electron chi connectivity index (χ0n) is 19.9. The molecular formula is C26H36N4O2. The van der Waals surface area contributed by atoms with Gasteiger partial charge < -0.3 is 10.2 Å². The smallest absolute Gasteiger partial charge is 0.238 e. The first-order valence-electron chi connectivity index (χ1n) is 11.5. The van der Waals surface area contributed by atoms with Gasteiger partial charge in [-0.3, -0.25) is 19.4 Å². The molecule has 0 radical (unpaired) electrons. The van der Waals surface area contributed by atoms with Crippen LogP contribution in [0.5, 0.6) is 0 Å². The van der Waals surface area contributed by atoms with Gasteiger partial charge in [0.1, 0.15) is 0 Å². The minimum Gasteiger partial charge on any atom is -0.339 e. The molecule has 0 aromatic heterocycles. The molecule has 172 valence electrons. The fourth-order valence-corrected chi connectivity index (χ4v) is 4.13. The molecular weight excluding hydrogens is 400 g/mol. The number of carbonyl (C=O) groups is 2. The standard InChI is InChI=1S/C26H36N4O2/c1-5-22-9-11-23(12-10-22)17-28(4)19-25(32)30-15-13-29(14-16-30)18-24(31)27-26-20(2)7-6-8-21(26)3/h6-12H,5,13-19H2,1-4H3,(H,27,31). The second-order valence-corrected chi connectivity index (χ2v) is 8.81. The van der Waals surface area contributed by atoms with Crippen LogP contribution in [0.2, 0.25) is 0 Å². The number of nitrogens with one attached hydrogen (secondary N) is 1. The van der Waals surface area contributed by atoms with Crippen molar-refractivity contribution < 1.29 is 9.59 Å². The van der Waals surface area contributed by atoms with Gasteiger partial charge in [-0.2, -0.15) is 0 Å². The van der Waals surface area contributed by atoms with Gasteiger partial charge in [0.05, 0.1) is 13.1 Å². The molecule has 1 N–H and O–H groups in total. The Morgan fingerprint density at radius 1 is 0.938 bits per heavy atom. The Labute approximate surface area is 192 Å². The summed E-state index contributed by atoms with van der Waals surface area (Å²) in [5.74, 6) is 0.147. The van der Waals surface area contributed by atoms with Gasteiger partial charge in [0.2, 0.25) is 11.8 Å². The van der Waals surface area contributed by atoms with Crippen LogP contribution in [0.25, 0.3) is 0 Å². The van der Waals surface area contributed by atoms with Crippen LogP contribution in [0.15, 0.2) is 42.5 Å². The Hall–Kier alpha value is -2.70. The highest BCUT2D eigenvalue weighted by atomic mass is 16.2. The van der Waals surface area contributed by atoms with E-state index in [9.17, 15) is 9.59 Å². The Bertz CT molecular complexity index is 898. The monoisotopic (exact) mass is 436 g/mol. The van der Waals surface area contributed by atoms with E-state index in [0.29, 0.717) is 39.3 Å². The first kappa shape index (κ1) is 24.0. The molecule has 3 rings (SSSR count). The van der Waals surface area contributed by atoms with Gasteiger partial charge in [0.25, 0.3) is 0 Å². The highest BCUT2D eigenvalue weighted by Gasteiger charge is 2.23. The molecule has 0 aliphatic carbocycles. The topological polar surface area (TPSA) is 55.9 Å². The zero-order valence-corrected chi connectivity index (χ0v) is 19.9. The van der Waals surface area contributed by atoms with Gasteiger partial charge in [0.15, 0.2) is 0 Å². The van der Waals surface area contributed by atoms with Crippen molar-refractivity contribution in [3.05, 3.63) is 64.7 Å². The number of para-hydroxylation sites is 1. The summed E-state index contributed by atoms with van der Waals surface area (Å²) < 4.78 is 0. The average molecular weight is 437 g/mol. The van der Waals surface area contributed by atoms with Crippen molar-refractivity contribution in [2.75, 3.05) is 51.6 Å². The maximum atomic E-state index is 12.7. The van der Waals surface area contributed by atoms with Crippen LogP contribution >= 0.6 is 0 Å². The number of carbonyl (C=O) groups excluding carboxylic acids is 2. The molecule has 1 saturated heterocycles. The van der Waals surface area contributed by atoms with E-state index in [4.69, 9.17) is 0 Å². The van der Waals surface area contributed by atoms with Crippen LogP contribution in [-0.2, 0) is 22.6 Å². The molecule has 1 aliphatic heterocycles. The molecule has 1 fully saturated rings. The number of rotatable bonds is 8. The summed E-state index contributed by atoms with van der Waals surface area (Å²) in [4.78, 5) is 31.3. The maximum Gasteiger partial charge on any atom is 0.238 e.